The summed E-state index contributed by atoms with van der Waals surface area (Å²) < 4.78 is 28.9. The second-order valence-electron chi connectivity index (χ2n) is 10.2. The molecule has 0 bridgehead atoms. The number of nitrogens with one attached hydrogen (secondary N) is 3. The number of carbonyl (C=O) groups excluding carboxylic acids is 2. The first kappa shape index (κ1) is 31.6. The highest BCUT2D eigenvalue weighted by Crippen LogP contribution is 2.23. The summed E-state index contributed by atoms with van der Waals surface area (Å²) in [5.74, 6) is -0.234. The number of aromatic nitrogens is 2. The third-order valence-corrected chi connectivity index (χ3v) is 4.97. The van der Waals surface area contributed by atoms with Gasteiger partial charge in [-0.05, 0) is 98.8 Å². The van der Waals surface area contributed by atoms with Crippen LogP contribution in [0.15, 0.2) is 37.3 Å². The minimum Gasteiger partial charge on any atom is -0.444 e. The maximum Gasteiger partial charge on any atom is 0.435 e. The first-order valence-corrected chi connectivity index (χ1v) is 12.8. The number of unbranched alkanes of at least 4 members (excludes halogenated alkanes) is 1. The molecule has 0 spiro atoms. The Balaban J connectivity index is 2.00. The number of hydrogen-bond acceptors (Lipinski definition) is 10. The van der Waals surface area contributed by atoms with Crippen molar-refractivity contribution >= 4 is 51.3 Å². The van der Waals surface area contributed by atoms with E-state index in [9.17, 15) is 19.2 Å². The summed E-state index contributed by atoms with van der Waals surface area (Å²) in [6, 6.07) is 4.06. The number of benzene rings is 1. The number of hydrogen-bond donors (Lipinski definition) is 4. The Labute approximate surface area is 233 Å². The van der Waals surface area contributed by atoms with Crippen molar-refractivity contribution in [3.05, 3.63) is 34.2 Å². The van der Waals surface area contributed by atoms with Gasteiger partial charge in [0.15, 0.2) is 11.5 Å². The fraction of sp³-hybridized carbons (Fsp3) is 0.500. The zero-order valence-corrected chi connectivity index (χ0v) is 24.2. The third kappa shape index (κ3) is 11.8. The van der Waals surface area contributed by atoms with Crippen LogP contribution in [0, 0.1) is 5.82 Å². The van der Waals surface area contributed by atoms with Gasteiger partial charge in [-0.1, -0.05) is 0 Å². The summed E-state index contributed by atoms with van der Waals surface area (Å²) in [7, 11) is 0. The minimum absolute atomic E-state index is 0.0781. The first-order chi connectivity index (χ1) is 18.2. The van der Waals surface area contributed by atoms with Crippen LogP contribution in [-0.4, -0.2) is 57.1 Å². The molecule has 214 valence electrons. The van der Waals surface area contributed by atoms with E-state index in [4.69, 9.17) is 14.1 Å². The minimum atomic E-state index is -0.832. The van der Waals surface area contributed by atoms with Gasteiger partial charge in [-0.15, -0.1) is 0 Å². The van der Waals surface area contributed by atoms with Gasteiger partial charge in [0, 0.05) is 13.0 Å². The van der Waals surface area contributed by atoms with Crippen molar-refractivity contribution in [1.82, 2.24) is 21.1 Å². The molecule has 2 rings (SSSR count). The number of anilines is 1. The van der Waals surface area contributed by atoms with E-state index < -0.39 is 29.2 Å². The zero-order valence-electron chi connectivity index (χ0n) is 22.6. The third-order valence-electron chi connectivity index (χ3n) is 4.36. The molecule has 0 unspecified atom stereocenters. The number of amides is 2. The number of amidine groups is 2. The highest BCUT2D eigenvalue weighted by Gasteiger charge is 2.20. The van der Waals surface area contributed by atoms with Crippen LogP contribution in [0.3, 0.4) is 0 Å². The van der Waals surface area contributed by atoms with E-state index >= 15 is 0 Å². The number of alkyl carbamates (subject to hydrolysis) is 1. The molecule has 1 aromatic carbocycles. The molecule has 0 atom stereocenters. The Morgan fingerprint density at radius 2 is 1.79 bits per heavy atom. The van der Waals surface area contributed by atoms with E-state index in [0.29, 0.717) is 25.1 Å². The van der Waals surface area contributed by atoms with E-state index in [-0.39, 0.29) is 34.1 Å². The lowest BCUT2D eigenvalue weighted by Crippen LogP contribution is -2.37. The van der Waals surface area contributed by atoms with Crippen LogP contribution in [0.1, 0.15) is 66.5 Å². The van der Waals surface area contributed by atoms with Gasteiger partial charge < -0.3 is 14.8 Å². The van der Waals surface area contributed by atoms with Crippen LogP contribution in [0.2, 0.25) is 0 Å². The number of halogens is 2. The normalized spacial score (nSPS) is 12.6. The number of carbonyl (C=O) groups is 2. The monoisotopic (exact) mass is 613 g/mol. The Kier molecular flexibility index (Phi) is 11.3. The summed E-state index contributed by atoms with van der Waals surface area (Å²) in [5.41, 5.74) is 0.894. The number of hydroxylamine groups is 1. The molecule has 1 aromatic heterocycles. The van der Waals surface area contributed by atoms with E-state index in [0.717, 1.165) is 0 Å². The predicted molar refractivity (Wildman–Crippen MR) is 145 cm³/mol. The van der Waals surface area contributed by atoms with Gasteiger partial charge in [0.2, 0.25) is 5.82 Å². The van der Waals surface area contributed by atoms with E-state index in [2.05, 4.69) is 46.9 Å². The smallest absolute Gasteiger partial charge is 0.435 e. The van der Waals surface area contributed by atoms with Gasteiger partial charge >= 0.3 is 12.2 Å². The molecule has 2 amide bonds. The first-order valence-electron chi connectivity index (χ1n) is 12.0. The summed E-state index contributed by atoms with van der Waals surface area (Å²) in [4.78, 5) is 32.5. The molecule has 0 saturated carbocycles. The molecule has 4 N–H and O–H groups in total. The molecule has 1 heterocycles. The lowest BCUT2D eigenvalue weighted by atomic mass is 10.2. The van der Waals surface area contributed by atoms with E-state index in [1.54, 1.807) is 41.5 Å². The molecule has 0 aliphatic heterocycles. The van der Waals surface area contributed by atoms with Crippen LogP contribution in [0.25, 0.3) is 0 Å². The van der Waals surface area contributed by atoms with Gasteiger partial charge in [-0.25, -0.2) is 23.6 Å². The molecule has 0 fully saturated rings. The Bertz CT molecular complexity index is 1200. The molecular weight excluding hydrogens is 581 g/mol. The molecule has 39 heavy (non-hydrogen) atoms. The predicted octanol–water partition coefficient (Wildman–Crippen LogP) is 5.47. The molecular formula is C24H33BrFN7O6. The fourth-order valence-corrected chi connectivity index (χ4v) is 3.23. The van der Waals surface area contributed by atoms with E-state index in [1.807, 2.05) is 5.48 Å². The Hall–Kier alpha value is -3.59. The second kappa shape index (κ2) is 14.0. The average molecular weight is 614 g/mol. The molecule has 0 radical (unpaired) electrons. The number of ether oxygens (including phenoxy) is 2. The highest BCUT2D eigenvalue weighted by molar-refractivity contribution is 9.10. The van der Waals surface area contributed by atoms with Crippen LogP contribution in [-0.2, 0) is 9.47 Å². The van der Waals surface area contributed by atoms with Crippen molar-refractivity contribution in [2.24, 2.45) is 9.98 Å². The maximum absolute atomic E-state index is 13.5. The maximum atomic E-state index is 13.5. The molecule has 15 heteroatoms. The summed E-state index contributed by atoms with van der Waals surface area (Å²) >= 11 is 3.08. The highest BCUT2D eigenvalue weighted by atomic mass is 79.9. The molecule has 0 saturated heterocycles. The molecule has 2 aromatic rings. The SMILES string of the molecule is CC(C)(C)OC(=O)N=C(CCCCNc1nonc1C(=Nc1ccc(F)c(Br)c1)NO)NC(=O)OC(C)(C)C. The topological polar surface area (TPSA) is 173 Å². The van der Waals surface area contributed by atoms with Crippen molar-refractivity contribution < 1.29 is 33.3 Å². The summed E-state index contributed by atoms with van der Waals surface area (Å²) in [6.07, 6.45) is -0.263. The molecule has 0 aliphatic rings. The lowest BCUT2D eigenvalue weighted by Gasteiger charge is -2.20. The number of aliphatic imine (C=N–C) groups is 2. The molecule has 0 aliphatic carbocycles. The lowest BCUT2D eigenvalue weighted by molar-refractivity contribution is 0.0561. The van der Waals surface area contributed by atoms with Crippen molar-refractivity contribution in [3.63, 3.8) is 0 Å². The van der Waals surface area contributed by atoms with Crippen LogP contribution < -0.4 is 16.1 Å². The average Bonchev–Trinajstić information content (AvgIpc) is 3.25. The summed E-state index contributed by atoms with van der Waals surface area (Å²) in [5, 5.41) is 22.6. The van der Waals surface area contributed by atoms with Gasteiger partial charge in [0.05, 0.1) is 10.2 Å². The number of nitrogens with zero attached hydrogens (tertiary/aromatic N) is 4. The van der Waals surface area contributed by atoms with Gasteiger partial charge in [0.1, 0.15) is 22.9 Å². The van der Waals surface area contributed by atoms with Crippen molar-refractivity contribution in [1.29, 1.82) is 0 Å². The van der Waals surface area contributed by atoms with E-state index in [1.165, 1.54) is 18.2 Å². The van der Waals surface area contributed by atoms with Gasteiger partial charge in [-0.2, -0.15) is 4.99 Å². The molecule has 13 nitrogen and oxygen atoms in total. The van der Waals surface area contributed by atoms with Crippen molar-refractivity contribution in [3.8, 4) is 0 Å². The Morgan fingerprint density at radius 3 is 2.41 bits per heavy atom. The number of rotatable bonds is 8. The Morgan fingerprint density at radius 1 is 1.10 bits per heavy atom. The van der Waals surface area contributed by atoms with Crippen molar-refractivity contribution in [2.75, 3.05) is 11.9 Å². The standard InChI is InChI=1S/C24H33BrFN7O6/c1-23(2,3)37-21(34)29-17(30-22(35)38-24(4,5)6)9-7-8-12-27-19-18(32-39-33-19)20(31-36)28-14-10-11-16(26)15(25)13-14/h10-11,13,36H,7-9,12H2,1-6H3,(H,27,33)(H,28,31)(H,29,30,34,35). The van der Waals surface area contributed by atoms with Gasteiger partial charge in [0.25, 0.3) is 0 Å². The largest absolute Gasteiger partial charge is 0.444 e. The zero-order chi connectivity index (χ0) is 29.2. The van der Waals surface area contributed by atoms with Crippen molar-refractivity contribution in [2.45, 2.75) is 72.0 Å². The quantitative estimate of drug-likeness (QED) is 0.129. The van der Waals surface area contributed by atoms with Crippen LogP contribution in [0.5, 0.6) is 0 Å². The van der Waals surface area contributed by atoms with Crippen LogP contribution >= 0.6 is 15.9 Å². The second-order valence-corrected chi connectivity index (χ2v) is 11.0. The summed E-state index contributed by atoms with van der Waals surface area (Å²) in [6.45, 7) is 10.7. The fourth-order valence-electron chi connectivity index (χ4n) is 2.86. The van der Waals surface area contributed by atoms with Gasteiger partial charge in [-0.3, -0.25) is 16.0 Å². The van der Waals surface area contributed by atoms with Crippen LogP contribution in [0.4, 0.5) is 25.5 Å².